The van der Waals surface area contributed by atoms with E-state index in [9.17, 15) is 14.0 Å². The third kappa shape index (κ3) is 5.97. The number of carbonyl (C=O) groups excluding carboxylic acids is 2. The highest BCUT2D eigenvalue weighted by atomic mass is 35.5. The van der Waals surface area contributed by atoms with Gasteiger partial charge in [-0.05, 0) is 61.9 Å². The molecule has 1 N–H and O–H groups in total. The fraction of sp³-hybridized carbons (Fsp3) is 0.286. The highest BCUT2D eigenvalue weighted by Gasteiger charge is 2.25. The molecule has 1 aliphatic rings. The Morgan fingerprint density at radius 3 is 2.50 bits per heavy atom. The van der Waals surface area contributed by atoms with Crippen molar-refractivity contribution in [3.63, 3.8) is 0 Å². The summed E-state index contributed by atoms with van der Waals surface area (Å²) in [6, 6.07) is 18.4. The van der Waals surface area contributed by atoms with Crippen LogP contribution in [0.2, 0.25) is 5.02 Å². The third-order valence-electron chi connectivity index (χ3n) is 6.23. The second-order valence-electron chi connectivity index (χ2n) is 8.74. The first kappa shape index (κ1) is 25.5. The average Bonchev–Trinajstić information content (AvgIpc) is 2.89. The molecule has 0 bridgehead atoms. The number of hydrogen-bond donors (Lipinski definition) is 1. The van der Waals surface area contributed by atoms with E-state index in [4.69, 9.17) is 16.3 Å². The Bertz CT molecular complexity index is 1240. The number of halogens is 2. The van der Waals surface area contributed by atoms with Gasteiger partial charge in [0.05, 0.1) is 23.0 Å². The number of ether oxygens (including phenoxy) is 1. The van der Waals surface area contributed by atoms with Crippen molar-refractivity contribution in [2.24, 2.45) is 0 Å². The van der Waals surface area contributed by atoms with Gasteiger partial charge in [0.15, 0.2) is 0 Å². The molecule has 1 aliphatic heterocycles. The number of rotatable bonds is 7. The van der Waals surface area contributed by atoms with Crippen molar-refractivity contribution >= 4 is 34.8 Å². The molecule has 1 unspecified atom stereocenters. The third-order valence-corrected chi connectivity index (χ3v) is 6.46. The zero-order valence-corrected chi connectivity index (χ0v) is 21.1. The van der Waals surface area contributed by atoms with E-state index in [1.807, 2.05) is 26.0 Å². The molecule has 1 saturated heterocycles. The Kier molecular flexibility index (Phi) is 8.10. The lowest BCUT2D eigenvalue weighted by atomic mass is 10.1. The van der Waals surface area contributed by atoms with E-state index < -0.39 is 5.82 Å². The maximum absolute atomic E-state index is 14.1. The van der Waals surface area contributed by atoms with Gasteiger partial charge in [0.2, 0.25) is 0 Å². The highest BCUT2D eigenvalue weighted by Crippen LogP contribution is 2.31. The summed E-state index contributed by atoms with van der Waals surface area (Å²) < 4.78 is 19.9. The van der Waals surface area contributed by atoms with Gasteiger partial charge in [-0.25, -0.2) is 4.39 Å². The molecule has 0 spiro atoms. The van der Waals surface area contributed by atoms with Crippen LogP contribution in [-0.2, 0) is 0 Å². The summed E-state index contributed by atoms with van der Waals surface area (Å²) in [5, 5.41) is 3.47. The van der Waals surface area contributed by atoms with E-state index in [1.165, 1.54) is 12.1 Å². The summed E-state index contributed by atoms with van der Waals surface area (Å²) in [5.41, 5.74) is 1.93. The lowest BCUT2D eigenvalue weighted by Crippen LogP contribution is -2.49. The Labute approximate surface area is 215 Å². The van der Waals surface area contributed by atoms with Gasteiger partial charge in [0, 0.05) is 36.8 Å². The number of anilines is 2. The first-order chi connectivity index (χ1) is 17.4. The minimum atomic E-state index is -0.522. The second-order valence-corrected chi connectivity index (χ2v) is 9.18. The van der Waals surface area contributed by atoms with E-state index >= 15 is 0 Å². The number of piperazine rings is 1. The molecule has 8 heteroatoms. The van der Waals surface area contributed by atoms with E-state index in [0.717, 1.165) is 12.1 Å². The first-order valence-electron chi connectivity index (χ1n) is 12.0. The van der Waals surface area contributed by atoms with Crippen LogP contribution in [0.5, 0.6) is 5.75 Å². The number of carbonyl (C=O) groups is 2. The number of nitrogens with zero attached hydrogens (tertiary/aromatic N) is 2. The molecular weight excluding hydrogens is 481 g/mol. The maximum Gasteiger partial charge on any atom is 0.256 e. The molecular formula is C28H29ClFN3O3. The SMILES string of the molecule is CCC(C)Oc1cccc(C(=O)Nc2cc(Cl)ccc2N2CCN(C(=O)c3ccccc3F)CC2)c1. The molecule has 3 aromatic rings. The van der Waals surface area contributed by atoms with Crippen LogP contribution in [0.4, 0.5) is 15.8 Å². The van der Waals surface area contributed by atoms with Gasteiger partial charge in [0.25, 0.3) is 11.8 Å². The fourth-order valence-electron chi connectivity index (χ4n) is 4.06. The van der Waals surface area contributed by atoms with E-state index in [-0.39, 0.29) is 23.5 Å². The van der Waals surface area contributed by atoms with E-state index in [2.05, 4.69) is 10.2 Å². The molecule has 0 radical (unpaired) electrons. The number of nitrogens with one attached hydrogen (secondary N) is 1. The van der Waals surface area contributed by atoms with Crippen LogP contribution in [0.3, 0.4) is 0 Å². The highest BCUT2D eigenvalue weighted by molar-refractivity contribution is 6.31. The van der Waals surface area contributed by atoms with Crippen LogP contribution in [0.15, 0.2) is 66.7 Å². The summed E-state index contributed by atoms with van der Waals surface area (Å²) in [6.07, 6.45) is 0.910. The van der Waals surface area contributed by atoms with Gasteiger partial charge in [-0.15, -0.1) is 0 Å². The topological polar surface area (TPSA) is 61.9 Å². The predicted molar refractivity (Wildman–Crippen MR) is 141 cm³/mol. The number of hydrogen-bond acceptors (Lipinski definition) is 4. The summed E-state index contributed by atoms with van der Waals surface area (Å²) >= 11 is 6.25. The lowest BCUT2D eigenvalue weighted by molar-refractivity contribution is 0.0742. The van der Waals surface area contributed by atoms with Crippen LogP contribution in [0.1, 0.15) is 41.0 Å². The average molecular weight is 510 g/mol. The van der Waals surface area contributed by atoms with E-state index in [0.29, 0.717) is 48.2 Å². The maximum atomic E-state index is 14.1. The first-order valence-corrected chi connectivity index (χ1v) is 12.4. The molecule has 2 amide bonds. The zero-order valence-electron chi connectivity index (χ0n) is 20.3. The molecule has 188 valence electrons. The van der Waals surface area contributed by atoms with Gasteiger partial charge in [-0.2, -0.15) is 0 Å². The van der Waals surface area contributed by atoms with Crippen LogP contribution in [0.25, 0.3) is 0 Å². The fourth-order valence-corrected chi connectivity index (χ4v) is 4.23. The van der Waals surface area contributed by atoms with Crippen molar-refractivity contribution in [1.29, 1.82) is 0 Å². The molecule has 4 rings (SSSR count). The molecule has 3 aromatic carbocycles. The van der Waals surface area contributed by atoms with Crippen LogP contribution in [-0.4, -0.2) is 49.0 Å². The number of benzene rings is 3. The van der Waals surface area contributed by atoms with Crippen LogP contribution < -0.4 is 15.0 Å². The van der Waals surface area contributed by atoms with Gasteiger partial charge in [-0.1, -0.05) is 36.7 Å². The van der Waals surface area contributed by atoms with Crippen LogP contribution >= 0.6 is 11.6 Å². The van der Waals surface area contributed by atoms with Crippen LogP contribution in [0, 0.1) is 5.82 Å². The zero-order chi connectivity index (χ0) is 25.7. The molecule has 0 saturated carbocycles. The second kappa shape index (κ2) is 11.4. The Morgan fingerprint density at radius 2 is 1.78 bits per heavy atom. The smallest absolute Gasteiger partial charge is 0.256 e. The normalized spacial score (nSPS) is 14.3. The Hall–Kier alpha value is -3.58. The van der Waals surface area contributed by atoms with Gasteiger partial charge >= 0.3 is 0 Å². The predicted octanol–water partition coefficient (Wildman–Crippen LogP) is 5.87. The molecule has 1 fully saturated rings. The van der Waals surface area contributed by atoms with Crippen molar-refractivity contribution < 1.29 is 18.7 Å². The quantitative estimate of drug-likeness (QED) is 0.432. The molecule has 0 aromatic heterocycles. The Morgan fingerprint density at radius 1 is 1.03 bits per heavy atom. The summed E-state index contributed by atoms with van der Waals surface area (Å²) in [4.78, 5) is 29.6. The van der Waals surface area contributed by atoms with Gasteiger partial charge < -0.3 is 19.9 Å². The minimum absolute atomic E-state index is 0.0479. The van der Waals surface area contributed by atoms with Gasteiger partial charge in [-0.3, -0.25) is 9.59 Å². The largest absolute Gasteiger partial charge is 0.491 e. The molecule has 6 nitrogen and oxygen atoms in total. The molecule has 1 atom stereocenters. The standard InChI is InChI=1S/C28H29ClFN3O3/c1-3-19(2)36-22-8-6-7-20(17-22)27(34)31-25-18-21(29)11-12-26(25)32-13-15-33(16-14-32)28(35)23-9-4-5-10-24(23)30/h4-12,17-19H,3,13-16H2,1-2H3,(H,31,34). The van der Waals surface area contributed by atoms with Crippen molar-refractivity contribution in [3.05, 3.63) is 88.7 Å². The summed E-state index contributed by atoms with van der Waals surface area (Å²) in [5.74, 6) is -0.483. The lowest BCUT2D eigenvalue weighted by Gasteiger charge is -2.37. The minimum Gasteiger partial charge on any atom is -0.491 e. The molecule has 36 heavy (non-hydrogen) atoms. The van der Waals surface area contributed by atoms with Crippen molar-refractivity contribution in [1.82, 2.24) is 4.90 Å². The summed E-state index contributed by atoms with van der Waals surface area (Å²) in [7, 11) is 0. The van der Waals surface area contributed by atoms with Crippen molar-refractivity contribution in [3.8, 4) is 5.75 Å². The van der Waals surface area contributed by atoms with Crippen molar-refractivity contribution in [2.75, 3.05) is 36.4 Å². The van der Waals surface area contributed by atoms with Gasteiger partial charge in [0.1, 0.15) is 11.6 Å². The Balaban J connectivity index is 1.46. The monoisotopic (exact) mass is 509 g/mol. The number of amides is 2. The van der Waals surface area contributed by atoms with E-state index in [1.54, 1.807) is 47.4 Å². The molecule has 0 aliphatic carbocycles. The van der Waals surface area contributed by atoms with Crippen molar-refractivity contribution in [2.45, 2.75) is 26.4 Å². The molecule has 1 heterocycles. The summed E-state index contributed by atoms with van der Waals surface area (Å²) in [6.45, 7) is 5.94.